The number of nitrogens with zero attached hydrogens (tertiary/aromatic N) is 1. The lowest BCUT2D eigenvalue weighted by Gasteiger charge is -1.99. The first-order valence-corrected chi connectivity index (χ1v) is 7.45. The van der Waals surface area contributed by atoms with Crippen LogP contribution in [0, 0.1) is 13.8 Å². The van der Waals surface area contributed by atoms with Gasteiger partial charge in [0.2, 0.25) is 0 Å². The highest BCUT2D eigenvalue weighted by Crippen LogP contribution is 2.41. The van der Waals surface area contributed by atoms with Gasteiger partial charge in [0.15, 0.2) is 5.76 Å². The fourth-order valence-corrected chi connectivity index (χ4v) is 3.76. The summed E-state index contributed by atoms with van der Waals surface area (Å²) in [5.41, 5.74) is 2.76. The van der Waals surface area contributed by atoms with Gasteiger partial charge in [-0.1, -0.05) is 5.16 Å². The van der Waals surface area contributed by atoms with Crippen LogP contribution >= 0.6 is 23.1 Å². The van der Waals surface area contributed by atoms with Crippen molar-refractivity contribution >= 4 is 29.0 Å². The molecule has 96 valence electrons. The smallest absolute Gasteiger partial charge is 0.261 e. The number of hydrogen-bond donors (Lipinski definition) is 1. The van der Waals surface area contributed by atoms with E-state index < -0.39 is 0 Å². The van der Waals surface area contributed by atoms with E-state index in [-0.39, 0.29) is 5.91 Å². The molecular formula is C12H14N2O2S2. The molecule has 0 fully saturated rings. The van der Waals surface area contributed by atoms with Gasteiger partial charge in [-0.2, -0.15) is 0 Å². The van der Waals surface area contributed by atoms with Gasteiger partial charge in [0.25, 0.3) is 5.91 Å². The first-order valence-electron chi connectivity index (χ1n) is 5.41. The zero-order valence-electron chi connectivity index (χ0n) is 10.7. The van der Waals surface area contributed by atoms with Crippen LogP contribution in [0.4, 0.5) is 0 Å². The van der Waals surface area contributed by atoms with E-state index in [1.807, 2.05) is 26.2 Å². The van der Waals surface area contributed by atoms with E-state index in [0.717, 1.165) is 31.7 Å². The zero-order chi connectivity index (χ0) is 13.3. The minimum Gasteiger partial charge on any atom is -0.356 e. The van der Waals surface area contributed by atoms with Crippen molar-refractivity contribution < 1.29 is 9.32 Å². The van der Waals surface area contributed by atoms with Crippen LogP contribution in [0.3, 0.4) is 0 Å². The third kappa shape index (κ3) is 2.18. The van der Waals surface area contributed by atoms with E-state index in [1.165, 1.54) is 11.3 Å². The molecule has 0 aliphatic heterocycles. The molecule has 0 atom stereocenters. The highest BCUT2D eigenvalue weighted by Gasteiger charge is 2.22. The molecule has 2 aromatic rings. The lowest BCUT2D eigenvalue weighted by molar-refractivity contribution is 0.0966. The standard InChI is InChI=1S/C12H14N2O2S2/c1-6-5-8(16-14-6)9-7(2)10(11(15)13-3)18-12(9)17-4/h5H,1-4H3,(H,13,15). The summed E-state index contributed by atoms with van der Waals surface area (Å²) in [6, 6.07) is 1.89. The second kappa shape index (κ2) is 5.16. The van der Waals surface area contributed by atoms with Gasteiger partial charge in [-0.3, -0.25) is 4.79 Å². The zero-order valence-corrected chi connectivity index (χ0v) is 12.3. The molecule has 4 nitrogen and oxygen atoms in total. The maximum absolute atomic E-state index is 11.8. The van der Waals surface area contributed by atoms with Gasteiger partial charge >= 0.3 is 0 Å². The van der Waals surface area contributed by atoms with E-state index in [1.54, 1.807) is 18.8 Å². The molecular weight excluding hydrogens is 268 g/mol. The van der Waals surface area contributed by atoms with Crippen molar-refractivity contribution in [1.82, 2.24) is 10.5 Å². The van der Waals surface area contributed by atoms with Crippen molar-refractivity contribution in [1.29, 1.82) is 0 Å². The van der Waals surface area contributed by atoms with Crippen molar-refractivity contribution in [3.63, 3.8) is 0 Å². The lowest BCUT2D eigenvalue weighted by atomic mass is 10.1. The highest BCUT2D eigenvalue weighted by molar-refractivity contribution is 8.00. The van der Waals surface area contributed by atoms with Crippen LogP contribution < -0.4 is 5.32 Å². The Kier molecular flexibility index (Phi) is 3.77. The maximum Gasteiger partial charge on any atom is 0.261 e. The highest BCUT2D eigenvalue weighted by atomic mass is 32.2. The topological polar surface area (TPSA) is 55.1 Å². The monoisotopic (exact) mass is 282 g/mol. The minimum atomic E-state index is -0.0599. The SMILES string of the molecule is CNC(=O)c1sc(SC)c(-c2cc(C)no2)c1C. The molecule has 0 unspecified atom stereocenters. The van der Waals surface area contributed by atoms with E-state index in [0.29, 0.717) is 0 Å². The van der Waals surface area contributed by atoms with Gasteiger partial charge in [-0.05, 0) is 25.7 Å². The Morgan fingerprint density at radius 1 is 1.50 bits per heavy atom. The van der Waals surface area contributed by atoms with Crippen molar-refractivity contribution in [3.05, 3.63) is 22.2 Å². The molecule has 1 N–H and O–H groups in total. The second-order valence-corrected chi connectivity index (χ2v) is 5.93. The van der Waals surface area contributed by atoms with E-state index in [9.17, 15) is 4.79 Å². The predicted molar refractivity (Wildman–Crippen MR) is 74.5 cm³/mol. The normalized spacial score (nSPS) is 10.7. The summed E-state index contributed by atoms with van der Waals surface area (Å²) < 4.78 is 6.38. The third-order valence-corrected chi connectivity index (χ3v) is 5.02. The maximum atomic E-state index is 11.8. The van der Waals surface area contributed by atoms with Crippen LogP contribution in [-0.2, 0) is 0 Å². The van der Waals surface area contributed by atoms with Crippen molar-refractivity contribution in [2.75, 3.05) is 13.3 Å². The summed E-state index contributed by atoms with van der Waals surface area (Å²) in [5.74, 6) is 0.663. The number of hydrogen-bond acceptors (Lipinski definition) is 5. The van der Waals surface area contributed by atoms with Crippen LogP contribution in [0.2, 0.25) is 0 Å². The average molecular weight is 282 g/mol. The molecule has 0 bridgehead atoms. The quantitative estimate of drug-likeness (QED) is 0.879. The fraction of sp³-hybridized carbons (Fsp3) is 0.333. The Morgan fingerprint density at radius 3 is 2.72 bits per heavy atom. The number of carbonyl (C=O) groups is 1. The van der Waals surface area contributed by atoms with Crippen molar-refractivity contribution in [3.8, 4) is 11.3 Å². The summed E-state index contributed by atoms with van der Waals surface area (Å²) in [7, 11) is 1.64. The third-order valence-electron chi connectivity index (χ3n) is 2.61. The van der Waals surface area contributed by atoms with Crippen LogP contribution in [0.1, 0.15) is 20.9 Å². The summed E-state index contributed by atoms with van der Waals surface area (Å²) in [4.78, 5) is 12.5. The molecule has 2 heterocycles. The molecule has 2 rings (SSSR count). The Hall–Kier alpha value is -1.27. The summed E-state index contributed by atoms with van der Waals surface area (Å²) in [6.07, 6.45) is 1.99. The van der Waals surface area contributed by atoms with Gasteiger partial charge in [-0.15, -0.1) is 23.1 Å². The van der Waals surface area contributed by atoms with Crippen molar-refractivity contribution in [2.24, 2.45) is 0 Å². The van der Waals surface area contributed by atoms with E-state index in [2.05, 4.69) is 10.5 Å². The Labute approximate surface area is 114 Å². The molecule has 0 aliphatic rings. The number of rotatable bonds is 3. The molecule has 0 aliphatic carbocycles. The van der Waals surface area contributed by atoms with Gasteiger partial charge < -0.3 is 9.84 Å². The first-order chi connectivity index (χ1) is 8.58. The number of carbonyl (C=O) groups excluding carboxylic acids is 1. The predicted octanol–water partition coefficient (Wildman–Crippen LogP) is 3.10. The molecule has 1 amide bonds. The molecule has 0 radical (unpaired) electrons. The summed E-state index contributed by atoms with van der Waals surface area (Å²) >= 11 is 3.10. The summed E-state index contributed by atoms with van der Waals surface area (Å²) in [5, 5.41) is 6.56. The number of aromatic nitrogens is 1. The number of thiophene rings is 1. The Bertz CT molecular complexity index is 587. The van der Waals surface area contributed by atoms with Gasteiger partial charge in [-0.25, -0.2) is 0 Å². The molecule has 18 heavy (non-hydrogen) atoms. The van der Waals surface area contributed by atoms with Crippen LogP contribution in [0.15, 0.2) is 14.8 Å². The number of nitrogens with one attached hydrogen (secondary N) is 1. The van der Waals surface area contributed by atoms with Gasteiger partial charge in [0, 0.05) is 18.7 Å². The van der Waals surface area contributed by atoms with E-state index >= 15 is 0 Å². The number of amides is 1. The number of thioether (sulfide) groups is 1. The number of aryl methyl sites for hydroxylation is 1. The van der Waals surface area contributed by atoms with E-state index in [4.69, 9.17) is 4.52 Å². The van der Waals surface area contributed by atoms with Crippen LogP contribution in [-0.4, -0.2) is 24.4 Å². The second-order valence-electron chi connectivity index (χ2n) is 3.83. The molecule has 6 heteroatoms. The minimum absolute atomic E-state index is 0.0599. The lowest BCUT2D eigenvalue weighted by Crippen LogP contribution is -2.17. The Balaban J connectivity index is 2.59. The fourth-order valence-electron chi connectivity index (χ4n) is 1.73. The molecule has 0 aromatic carbocycles. The van der Waals surface area contributed by atoms with Gasteiger partial charge in [0.05, 0.1) is 14.8 Å². The largest absolute Gasteiger partial charge is 0.356 e. The molecule has 2 aromatic heterocycles. The first kappa shape index (κ1) is 13.2. The van der Waals surface area contributed by atoms with Crippen LogP contribution in [0.5, 0.6) is 0 Å². The average Bonchev–Trinajstić information content (AvgIpc) is 2.91. The molecule has 0 spiro atoms. The Morgan fingerprint density at radius 2 is 2.22 bits per heavy atom. The molecule has 0 saturated heterocycles. The molecule has 0 saturated carbocycles. The van der Waals surface area contributed by atoms with Crippen LogP contribution in [0.25, 0.3) is 11.3 Å². The summed E-state index contributed by atoms with van der Waals surface area (Å²) in [6.45, 7) is 3.82. The van der Waals surface area contributed by atoms with Crippen molar-refractivity contribution in [2.45, 2.75) is 18.1 Å². The van der Waals surface area contributed by atoms with Gasteiger partial charge in [0.1, 0.15) is 0 Å².